The van der Waals surface area contributed by atoms with E-state index < -0.39 is 28.9 Å². The lowest BCUT2D eigenvalue weighted by Crippen LogP contribution is -2.46. The molecule has 0 aliphatic carbocycles. The molecule has 0 heterocycles. The van der Waals surface area contributed by atoms with Crippen LogP contribution in [0, 0.1) is 17.0 Å². The van der Waals surface area contributed by atoms with E-state index in [1.54, 1.807) is 0 Å². The van der Waals surface area contributed by atoms with Crippen molar-refractivity contribution in [3.05, 3.63) is 33.4 Å². The molecule has 0 radical (unpaired) electrons. The summed E-state index contributed by atoms with van der Waals surface area (Å²) in [4.78, 5) is 33.0. The first-order chi connectivity index (χ1) is 10.1. The number of amides is 1. The summed E-state index contributed by atoms with van der Waals surface area (Å²) in [6, 6.07) is 2.36. The van der Waals surface area contributed by atoms with E-state index in [1.165, 1.54) is 20.1 Å². The van der Waals surface area contributed by atoms with E-state index in [-0.39, 0.29) is 22.6 Å². The van der Waals surface area contributed by atoms with Gasteiger partial charge in [-0.1, -0.05) is 0 Å². The van der Waals surface area contributed by atoms with Crippen LogP contribution in [0.2, 0.25) is 0 Å². The predicted octanol–water partition coefficient (Wildman–Crippen LogP) is 0.477. The van der Waals surface area contributed by atoms with Crippen LogP contribution in [0.1, 0.15) is 22.8 Å². The number of nitro groups is 1. The summed E-state index contributed by atoms with van der Waals surface area (Å²) in [5.74, 6) is -2.10. The summed E-state index contributed by atoms with van der Waals surface area (Å²) < 4.78 is 4.98. The fourth-order valence-electron chi connectivity index (χ4n) is 1.64. The second-order valence-corrected chi connectivity index (χ2v) is 4.84. The van der Waals surface area contributed by atoms with Gasteiger partial charge in [-0.25, -0.2) is 4.79 Å². The molecule has 0 bridgehead atoms. The lowest BCUT2D eigenvalue weighted by molar-refractivity contribution is -0.385. The SMILES string of the molecule is COc1cc(C(=O)NCC(C)(O)C(=O)O)cc([N+](=O)[O-])c1C. The number of nitrogens with zero attached hydrogens (tertiary/aromatic N) is 1. The number of methoxy groups -OCH3 is 1. The maximum Gasteiger partial charge on any atom is 0.337 e. The number of benzene rings is 1. The van der Waals surface area contributed by atoms with Crippen LogP contribution in [0.5, 0.6) is 5.75 Å². The Morgan fingerprint density at radius 2 is 2.05 bits per heavy atom. The molecule has 0 aliphatic heterocycles. The molecule has 0 saturated carbocycles. The number of carbonyl (C=O) groups excluding carboxylic acids is 1. The minimum Gasteiger partial charge on any atom is -0.496 e. The number of hydrogen-bond acceptors (Lipinski definition) is 6. The van der Waals surface area contributed by atoms with E-state index in [2.05, 4.69) is 5.32 Å². The standard InChI is InChI=1S/C13H16N2O7/c1-7-9(15(20)21)4-8(5-10(7)22-3)11(16)14-6-13(2,19)12(17)18/h4-5,19H,6H2,1-3H3,(H,14,16)(H,17,18). The van der Waals surface area contributed by atoms with Crippen LogP contribution in [-0.4, -0.2) is 46.3 Å². The summed E-state index contributed by atoms with van der Waals surface area (Å²) in [6.45, 7) is 1.95. The summed E-state index contributed by atoms with van der Waals surface area (Å²) >= 11 is 0. The fourth-order valence-corrected chi connectivity index (χ4v) is 1.64. The number of ether oxygens (including phenoxy) is 1. The number of nitro benzene ring substituents is 1. The number of carboxylic acids is 1. The zero-order chi connectivity index (χ0) is 17.1. The lowest BCUT2D eigenvalue weighted by Gasteiger charge is -2.18. The van der Waals surface area contributed by atoms with Crippen molar-refractivity contribution in [2.45, 2.75) is 19.4 Å². The van der Waals surface area contributed by atoms with Gasteiger partial charge in [0.15, 0.2) is 5.60 Å². The van der Waals surface area contributed by atoms with Crippen LogP contribution < -0.4 is 10.1 Å². The molecule has 1 aromatic rings. The van der Waals surface area contributed by atoms with Gasteiger partial charge < -0.3 is 20.3 Å². The molecule has 9 nitrogen and oxygen atoms in total. The molecule has 0 aliphatic rings. The molecule has 1 aromatic carbocycles. The number of rotatable bonds is 6. The van der Waals surface area contributed by atoms with Gasteiger partial charge in [0.2, 0.25) is 0 Å². The quantitative estimate of drug-likeness (QED) is 0.512. The van der Waals surface area contributed by atoms with Crippen LogP contribution >= 0.6 is 0 Å². The zero-order valence-corrected chi connectivity index (χ0v) is 12.2. The number of aliphatic carboxylic acids is 1. The van der Waals surface area contributed by atoms with Crippen LogP contribution in [-0.2, 0) is 4.79 Å². The van der Waals surface area contributed by atoms with Crippen molar-refractivity contribution >= 4 is 17.6 Å². The van der Waals surface area contributed by atoms with Crippen molar-refractivity contribution < 1.29 is 29.5 Å². The Bertz CT molecular complexity index is 625. The van der Waals surface area contributed by atoms with Gasteiger partial charge >= 0.3 is 5.97 Å². The Kier molecular flexibility index (Phi) is 5.05. The summed E-state index contributed by atoms with van der Waals surface area (Å²) in [5, 5.41) is 31.5. The minimum atomic E-state index is -2.14. The third-order valence-electron chi connectivity index (χ3n) is 3.07. The highest BCUT2D eigenvalue weighted by molar-refractivity contribution is 5.96. The Labute approximate surface area is 125 Å². The van der Waals surface area contributed by atoms with Gasteiger partial charge in [-0.15, -0.1) is 0 Å². The van der Waals surface area contributed by atoms with Crippen LogP contribution in [0.15, 0.2) is 12.1 Å². The average Bonchev–Trinajstić information content (AvgIpc) is 2.44. The molecule has 0 saturated heterocycles. The molecule has 22 heavy (non-hydrogen) atoms. The van der Waals surface area contributed by atoms with Gasteiger partial charge in [-0.3, -0.25) is 14.9 Å². The Morgan fingerprint density at radius 3 is 2.50 bits per heavy atom. The van der Waals surface area contributed by atoms with Gasteiger partial charge in [0.25, 0.3) is 11.6 Å². The summed E-state index contributed by atoms with van der Waals surface area (Å²) in [6.07, 6.45) is 0. The van der Waals surface area contributed by atoms with Crippen LogP contribution in [0.3, 0.4) is 0 Å². The third-order valence-corrected chi connectivity index (χ3v) is 3.07. The van der Waals surface area contributed by atoms with E-state index in [4.69, 9.17) is 9.84 Å². The zero-order valence-electron chi connectivity index (χ0n) is 12.2. The van der Waals surface area contributed by atoms with Crippen LogP contribution in [0.4, 0.5) is 5.69 Å². The monoisotopic (exact) mass is 312 g/mol. The molecule has 0 spiro atoms. The maximum atomic E-state index is 12.0. The molecule has 0 aromatic heterocycles. The van der Waals surface area contributed by atoms with Crippen molar-refractivity contribution in [3.8, 4) is 5.75 Å². The van der Waals surface area contributed by atoms with Crippen molar-refractivity contribution in [2.75, 3.05) is 13.7 Å². The van der Waals surface area contributed by atoms with Crippen molar-refractivity contribution in [1.29, 1.82) is 0 Å². The molecule has 0 fully saturated rings. The predicted molar refractivity (Wildman–Crippen MR) is 75.0 cm³/mol. The average molecular weight is 312 g/mol. The number of hydrogen-bond donors (Lipinski definition) is 3. The fraction of sp³-hybridized carbons (Fsp3) is 0.385. The smallest absolute Gasteiger partial charge is 0.337 e. The van der Waals surface area contributed by atoms with Crippen molar-refractivity contribution in [2.24, 2.45) is 0 Å². The van der Waals surface area contributed by atoms with Gasteiger partial charge in [0, 0.05) is 11.6 Å². The first kappa shape index (κ1) is 17.4. The summed E-state index contributed by atoms with van der Waals surface area (Å²) in [7, 11) is 1.31. The number of carboxylic acid groups (broad SMARTS) is 1. The molecule has 120 valence electrons. The first-order valence-corrected chi connectivity index (χ1v) is 6.17. The molecular formula is C13H16N2O7. The normalized spacial score (nSPS) is 13.1. The molecule has 3 N–H and O–H groups in total. The summed E-state index contributed by atoms with van der Waals surface area (Å²) in [5.41, 5.74) is -2.25. The van der Waals surface area contributed by atoms with E-state index in [9.17, 15) is 24.8 Å². The maximum absolute atomic E-state index is 12.0. The molecule has 1 atom stereocenters. The van der Waals surface area contributed by atoms with Crippen molar-refractivity contribution in [3.63, 3.8) is 0 Å². The largest absolute Gasteiger partial charge is 0.496 e. The van der Waals surface area contributed by atoms with Crippen LogP contribution in [0.25, 0.3) is 0 Å². The second-order valence-electron chi connectivity index (χ2n) is 4.84. The lowest BCUT2D eigenvalue weighted by atomic mass is 10.1. The highest BCUT2D eigenvalue weighted by atomic mass is 16.6. The Hall–Kier alpha value is -2.68. The molecule has 1 unspecified atom stereocenters. The van der Waals surface area contributed by atoms with E-state index >= 15 is 0 Å². The third kappa shape index (κ3) is 3.70. The van der Waals surface area contributed by atoms with Gasteiger partial charge in [-0.05, 0) is 19.9 Å². The topological polar surface area (TPSA) is 139 Å². The van der Waals surface area contributed by atoms with Crippen molar-refractivity contribution in [1.82, 2.24) is 5.32 Å². The Balaban J connectivity index is 3.06. The Morgan fingerprint density at radius 1 is 1.45 bits per heavy atom. The number of aliphatic hydroxyl groups is 1. The van der Waals surface area contributed by atoms with Gasteiger partial charge in [-0.2, -0.15) is 0 Å². The van der Waals surface area contributed by atoms with E-state index in [0.717, 1.165) is 13.0 Å². The highest BCUT2D eigenvalue weighted by Crippen LogP contribution is 2.29. The minimum absolute atomic E-state index is 0.0738. The van der Waals surface area contributed by atoms with E-state index in [1.807, 2.05) is 0 Å². The first-order valence-electron chi connectivity index (χ1n) is 6.17. The number of nitrogens with one attached hydrogen (secondary N) is 1. The van der Waals surface area contributed by atoms with Gasteiger partial charge in [0.1, 0.15) is 5.75 Å². The molecule has 1 amide bonds. The number of carbonyl (C=O) groups is 2. The van der Waals surface area contributed by atoms with Gasteiger partial charge in [0.05, 0.1) is 24.1 Å². The molecular weight excluding hydrogens is 296 g/mol. The highest BCUT2D eigenvalue weighted by Gasteiger charge is 2.30. The molecule has 1 rings (SSSR count). The second kappa shape index (κ2) is 6.39. The molecule has 9 heteroatoms. The van der Waals surface area contributed by atoms with E-state index in [0.29, 0.717) is 0 Å².